The van der Waals surface area contributed by atoms with Gasteiger partial charge >= 0.3 is 0 Å². The highest BCUT2D eigenvalue weighted by atomic mass is 35.5. The number of hydrogen-bond donors (Lipinski definition) is 1. The molecule has 0 bridgehead atoms. The molecule has 0 saturated carbocycles. The Morgan fingerprint density at radius 3 is 2.89 bits per heavy atom. The molecule has 1 amide bonds. The van der Waals surface area contributed by atoms with Crippen LogP contribution < -0.4 is 10.1 Å². The van der Waals surface area contributed by atoms with Gasteiger partial charge in [-0.3, -0.25) is 4.79 Å². The topological polar surface area (TPSA) is 51.5 Å². The number of benzene rings is 1. The Hall–Kier alpha value is -1.94. The van der Waals surface area contributed by atoms with Gasteiger partial charge in [-0.15, -0.1) is 0 Å². The zero-order chi connectivity index (χ0) is 13.0. The molecule has 0 fully saturated rings. The van der Waals surface area contributed by atoms with Gasteiger partial charge in [0.25, 0.3) is 0 Å². The van der Waals surface area contributed by atoms with Crippen LogP contribution in [0.1, 0.15) is 5.76 Å². The number of anilines is 1. The minimum Gasteiger partial charge on any atom is -0.495 e. The molecule has 4 nitrogen and oxygen atoms in total. The van der Waals surface area contributed by atoms with Gasteiger partial charge in [0.1, 0.15) is 11.5 Å². The molecular formula is C13H12ClNO3. The standard InChI is InChI=1S/C13H12ClNO3/c1-17-12-5-4-9(7-11(12)14)15-13(16)8-10-3-2-6-18-10/h2-7H,8H2,1H3,(H,15,16). The van der Waals surface area contributed by atoms with Crippen LogP contribution in [0.4, 0.5) is 5.69 Å². The van der Waals surface area contributed by atoms with Crippen LogP contribution in [-0.4, -0.2) is 13.0 Å². The van der Waals surface area contributed by atoms with E-state index >= 15 is 0 Å². The van der Waals surface area contributed by atoms with Crippen molar-refractivity contribution in [3.05, 3.63) is 47.4 Å². The molecule has 5 heteroatoms. The van der Waals surface area contributed by atoms with Crippen LogP contribution in [0.5, 0.6) is 5.75 Å². The van der Waals surface area contributed by atoms with Crippen molar-refractivity contribution in [1.82, 2.24) is 0 Å². The Morgan fingerprint density at radius 2 is 2.28 bits per heavy atom. The predicted octanol–water partition coefficient (Wildman–Crippen LogP) is 3.12. The van der Waals surface area contributed by atoms with Crippen LogP contribution in [-0.2, 0) is 11.2 Å². The van der Waals surface area contributed by atoms with E-state index < -0.39 is 0 Å². The normalized spacial score (nSPS) is 10.1. The van der Waals surface area contributed by atoms with Gasteiger partial charge in [-0.05, 0) is 30.3 Å². The molecule has 0 aliphatic heterocycles. The molecule has 0 aliphatic rings. The van der Waals surface area contributed by atoms with Crippen molar-refractivity contribution in [1.29, 1.82) is 0 Å². The van der Waals surface area contributed by atoms with Gasteiger partial charge in [0.05, 0.1) is 24.8 Å². The van der Waals surface area contributed by atoms with Crippen molar-refractivity contribution in [2.75, 3.05) is 12.4 Å². The zero-order valence-electron chi connectivity index (χ0n) is 9.77. The van der Waals surface area contributed by atoms with Crippen LogP contribution in [0, 0.1) is 0 Å². The van der Waals surface area contributed by atoms with Gasteiger partial charge in [0, 0.05) is 5.69 Å². The first kappa shape index (κ1) is 12.5. The summed E-state index contributed by atoms with van der Waals surface area (Å²) < 4.78 is 10.1. The predicted molar refractivity (Wildman–Crippen MR) is 69.0 cm³/mol. The number of hydrogen-bond acceptors (Lipinski definition) is 3. The minimum atomic E-state index is -0.161. The Bertz CT molecular complexity index is 537. The summed E-state index contributed by atoms with van der Waals surface area (Å²) in [7, 11) is 1.54. The number of methoxy groups -OCH3 is 1. The summed E-state index contributed by atoms with van der Waals surface area (Å²) in [6.07, 6.45) is 1.73. The van der Waals surface area contributed by atoms with Crippen LogP contribution in [0.25, 0.3) is 0 Å². The summed E-state index contributed by atoms with van der Waals surface area (Å²) >= 11 is 5.96. The number of halogens is 1. The fourth-order valence-corrected chi connectivity index (χ4v) is 1.78. The summed E-state index contributed by atoms with van der Waals surface area (Å²) in [5.74, 6) is 1.03. The highest BCUT2D eigenvalue weighted by Crippen LogP contribution is 2.27. The monoisotopic (exact) mass is 265 g/mol. The Morgan fingerprint density at radius 1 is 1.44 bits per heavy atom. The van der Waals surface area contributed by atoms with Crippen molar-refractivity contribution in [3.63, 3.8) is 0 Å². The molecule has 0 atom stereocenters. The van der Waals surface area contributed by atoms with Crippen molar-refractivity contribution < 1.29 is 13.9 Å². The molecule has 1 heterocycles. The van der Waals surface area contributed by atoms with E-state index in [0.717, 1.165) is 0 Å². The molecule has 0 unspecified atom stereocenters. The number of carbonyl (C=O) groups is 1. The van der Waals surface area contributed by atoms with E-state index in [4.69, 9.17) is 20.8 Å². The van der Waals surface area contributed by atoms with Crippen LogP contribution in [0.2, 0.25) is 5.02 Å². The molecule has 94 valence electrons. The highest BCUT2D eigenvalue weighted by Gasteiger charge is 2.07. The first-order valence-electron chi connectivity index (χ1n) is 5.35. The van der Waals surface area contributed by atoms with Gasteiger partial charge < -0.3 is 14.5 Å². The molecule has 18 heavy (non-hydrogen) atoms. The second-order valence-corrected chi connectivity index (χ2v) is 4.06. The minimum absolute atomic E-state index is 0.161. The van der Waals surface area contributed by atoms with Crippen LogP contribution in [0.3, 0.4) is 0 Å². The molecule has 0 radical (unpaired) electrons. The van der Waals surface area contributed by atoms with Crippen molar-refractivity contribution >= 4 is 23.2 Å². The van der Waals surface area contributed by atoms with Crippen molar-refractivity contribution in [2.45, 2.75) is 6.42 Å². The summed E-state index contributed by atoms with van der Waals surface area (Å²) in [4.78, 5) is 11.7. The third-order valence-corrected chi connectivity index (χ3v) is 2.65. The first-order chi connectivity index (χ1) is 8.69. The maximum absolute atomic E-state index is 11.7. The fraction of sp³-hybridized carbons (Fsp3) is 0.154. The third kappa shape index (κ3) is 3.05. The smallest absolute Gasteiger partial charge is 0.231 e. The highest BCUT2D eigenvalue weighted by molar-refractivity contribution is 6.32. The van der Waals surface area contributed by atoms with E-state index in [1.807, 2.05) is 0 Å². The molecule has 2 aromatic rings. The van der Waals surface area contributed by atoms with Crippen molar-refractivity contribution in [3.8, 4) is 5.75 Å². The lowest BCUT2D eigenvalue weighted by molar-refractivity contribution is -0.115. The maximum atomic E-state index is 11.7. The quantitative estimate of drug-likeness (QED) is 0.924. The Labute approximate surface area is 110 Å². The average molecular weight is 266 g/mol. The largest absolute Gasteiger partial charge is 0.495 e. The van der Waals surface area contributed by atoms with E-state index in [1.54, 1.807) is 30.3 Å². The average Bonchev–Trinajstić information content (AvgIpc) is 2.82. The van der Waals surface area contributed by atoms with E-state index in [0.29, 0.717) is 22.2 Å². The number of furan rings is 1. The summed E-state index contributed by atoms with van der Waals surface area (Å²) in [6, 6.07) is 8.56. The van der Waals surface area contributed by atoms with Crippen LogP contribution >= 0.6 is 11.6 Å². The van der Waals surface area contributed by atoms with E-state index in [9.17, 15) is 4.79 Å². The summed E-state index contributed by atoms with van der Waals surface area (Å²) in [6.45, 7) is 0. The molecule has 0 spiro atoms. The Balaban J connectivity index is 2.01. The lowest BCUT2D eigenvalue weighted by Crippen LogP contribution is -2.13. The molecule has 0 saturated heterocycles. The molecular weight excluding hydrogens is 254 g/mol. The van der Waals surface area contributed by atoms with E-state index in [2.05, 4.69) is 5.32 Å². The molecule has 2 rings (SSSR count). The van der Waals surface area contributed by atoms with E-state index in [-0.39, 0.29) is 12.3 Å². The number of ether oxygens (including phenoxy) is 1. The molecule has 1 N–H and O–H groups in total. The van der Waals surface area contributed by atoms with Gasteiger partial charge in [-0.1, -0.05) is 11.6 Å². The van der Waals surface area contributed by atoms with Crippen molar-refractivity contribution in [2.24, 2.45) is 0 Å². The second-order valence-electron chi connectivity index (χ2n) is 3.65. The van der Waals surface area contributed by atoms with Gasteiger partial charge in [-0.25, -0.2) is 0 Å². The van der Waals surface area contributed by atoms with Gasteiger partial charge in [0.15, 0.2) is 0 Å². The van der Waals surface area contributed by atoms with E-state index in [1.165, 1.54) is 13.4 Å². The van der Waals surface area contributed by atoms with Gasteiger partial charge in [-0.2, -0.15) is 0 Å². The summed E-state index contributed by atoms with van der Waals surface area (Å²) in [5.41, 5.74) is 0.623. The number of carbonyl (C=O) groups excluding carboxylic acids is 1. The number of rotatable bonds is 4. The number of nitrogens with one attached hydrogen (secondary N) is 1. The maximum Gasteiger partial charge on any atom is 0.231 e. The zero-order valence-corrected chi connectivity index (χ0v) is 10.5. The number of amides is 1. The molecule has 0 aliphatic carbocycles. The summed E-state index contributed by atoms with van der Waals surface area (Å²) in [5, 5.41) is 3.19. The third-order valence-electron chi connectivity index (χ3n) is 2.35. The van der Waals surface area contributed by atoms with Gasteiger partial charge in [0.2, 0.25) is 5.91 Å². The SMILES string of the molecule is COc1ccc(NC(=O)Cc2ccco2)cc1Cl. The fourth-order valence-electron chi connectivity index (χ4n) is 1.52. The second kappa shape index (κ2) is 5.60. The first-order valence-corrected chi connectivity index (χ1v) is 5.72. The molecule has 1 aromatic heterocycles. The lowest BCUT2D eigenvalue weighted by atomic mass is 10.2. The Kier molecular flexibility index (Phi) is 3.89. The molecule has 1 aromatic carbocycles. The van der Waals surface area contributed by atoms with Crippen LogP contribution in [0.15, 0.2) is 41.0 Å². The lowest BCUT2D eigenvalue weighted by Gasteiger charge is -2.07.